The second kappa shape index (κ2) is 5.28. The SMILES string of the molecule is COC(=O)[C@H](N)Cc1ccc(Br)c(C)c1. The molecular formula is C11H14BrNO2. The highest BCUT2D eigenvalue weighted by Crippen LogP contribution is 2.17. The van der Waals surface area contributed by atoms with E-state index in [2.05, 4.69) is 20.7 Å². The zero-order valence-corrected chi connectivity index (χ0v) is 10.4. The quantitative estimate of drug-likeness (QED) is 0.854. The lowest BCUT2D eigenvalue weighted by Crippen LogP contribution is -2.33. The van der Waals surface area contributed by atoms with Gasteiger partial charge in [-0.25, -0.2) is 0 Å². The average molecular weight is 272 g/mol. The Balaban J connectivity index is 2.73. The van der Waals surface area contributed by atoms with Crippen LogP contribution in [0.2, 0.25) is 0 Å². The molecule has 0 aliphatic heterocycles. The normalized spacial score (nSPS) is 12.3. The highest BCUT2D eigenvalue weighted by Gasteiger charge is 2.14. The van der Waals surface area contributed by atoms with Gasteiger partial charge < -0.3 is 10.5 Å². The molecule has 0 radical (unpaired) electrons. The lowest BCUT2D eigenvalue weighted by atomic mass is 10.0. The van der Waals surface area contributed by atoms with Crippen LogP contribution in [0.25, 0.3) is 0 Å². The predicted molar refractivity (Wildman–Crippen MR) is 62.6 cm³/mol. The molecule has 2 N–H and O–H groups in total. The van der Waals surface area contributed by atoms with Crippen LogP contribution in [0, 0.1) is 6.92 Å². The summed E-state index contributed by atoms with van der Waals surface area (Å²) in [7, 11) is 1.34. The zero-order chi connectivity index (χ0) is 11.4. The van der Waals surface area contributed by atoms with E-state index in [-0.39, 0.29) is 5.97 Å². The van der Waals surface area contributed by atoms with Gasteiger partial charge in [-0.3, -0.25) is 4.79 Å². The second-order valence-corrected chi connectivity index (χ2v) is 4.27. The topological polar surface area (TPSA) is 52.3 Å². The lowest BCUT2D eigenvalue weighted by molar-refractivity contribution is -0.142. The molecule has 15 heavy (non-hydrogen) atoms. The maximum Gasteiger partial charge on any atom is 0.322 e. The van der Waals surface area contributed by atoms with Crippen LogP contribution in [-0.2, 0) is 16.0 Å². The van der Waals surface area contributed by atoms with E-state index in [4.69, 9.17) is 5.73 Å². The van der Waals surface area contributed by atoms with Crippen molar-refractivity contribution in [1.29, 1.82) is 0 Å². The molecule has 0 aliphatic rings. The van der Waals surface area contributed by atoms with Gasteiger partial charge in [-0.1, -0.05) is 28.1 Å². The molecule has 0 bridgehead atoms. The smallest absolute Gasteiger partial charge is 0.322 e. The maximum atomic E-state index is 11.1. The summed E-state index contributed by atoms with van der Waals surface area (Å²) in [6.07, 6.45) is 0.501. The molecule has 0 saturated carbocycles. The number of hydrogen-bond acceptors (Lipinski definition) is 3. The van der Waals surface area contributed by atoms with Gasteiger partial charge in [-0.15, -0.1) is 0 Å². The van der Waals surface area contributed by atoms with E-state index in [0.717, 1.165) is 15.6 Å². The van der Waals surface area contributed by atoms with Crippen LogP contribution in [0.5, 0.6) is 0 Å². The first kappa shape index (κ1) is 12.2. The summed E-state index contributed by atoms with van der Waals surface area (Å²) < 4.78 is 5.62. The summed E-state index contributed by atoms with van der Waals surface area (Å²) in [5.41, 5.74) is 7.83. The minimum atomic E-state index is -0.587. The molecule has 0 amide bonds. The first-order valence-corrected chi connectivity index (χ1v) is 5.42. The molecule has 1 rings (SSSR count). The van der Waals surface area contributed by atoms with E-state index < -0.39 is 6.04 Å². The molecule has 1 aromatic rings. The number of esters is 1. The first-order valence-electron chi connectivity index (χ1n) is 4.63. The fourth-order valence-electron chi connectivity index (χ4n) is 1.32. The van der Waals surface area contributed by atoms with Gasteiger partial charge in [-0.05, 0) is 30.5 Å². The number of methoxy groups -OCH3 is 1. The molecule has 1 aromatic carbocycles. The second-order valence-electron chi connectivity index (χ2n) is 3.42. The molecule has 0 saturated heterocycles. The van der Waals surface area contributed by atoms with Crippen molar-refractivity contribution in [2.75, 3.05) is 7.11 Å². The molecule has 3 nitrogen and oxygen atoms in total. The van der Waals surface area contributed by atoms with Gasteiger partial charge in [0, 0.05) is 4.47 Å². The number of carbonyl (C=O) groups is 1. The van der Waals surface area contributed by atoms with Crippen LogP contribution in [0.3, 0.4) is 0 Å². The molecule has 4 heteroatoms. The Bertz CT molecular complexity index is 366. The molecule has 82 valence electrons. The van der Waals surface area contributed by atoms with Crippen molar-refractivity contribution in [3.8, 4) is 0 Å². The van der Waals surface area contributed by atoms with Gasteiger partial charge in [0.25, 0.3) is 0 Å². The van der Waals surface area contributed by atoms with Gasteiger partial charge >= 0.3 is 5.97 Å². The molecule has 0 unspecified atom stereocenters. The molecule has 1 atom stereocenters. The summed E-state index contributed by atoms with van der Waals surface area (Å²) in [5, 5.41) is 0. The summed E-state index contributed by atoms with van der Waals surface area (Å²) in [6.45, 7) is 2.00. The van der Waals surface area contributed by atoms with E-state index >= 15 is 0 Å². The Morgan fingerprint density at radius 1 is 1.60 bits per heavy atom. The number of nitrogens with two attached hydrogens (primary N) is 1. The Kier molecular flexibility index (Phi) is 4.29. The van der Waals surface area contributed by atoms with Crippen molar-refractivity contribution < 1.29 is 9.53 Å². The van der Waals surface area contributed by atoms with E-state index in [1.165, 1.54) is 7.11 Å². The number of aryl methyl sites for hydroxylation is 1. The van der Waals surface area contributed by atoms with E-state index in [9.17, 15) is 4.79 Å². The largest absolute Gasteiger partial charge is 0.468 e. The van der Waals surface area contributed by atoms with Gasteiger partial charge in [0.05, 0.1) is 7.11 Å². The monoisotopic (exact) mass is 271 g/mol. The Morgan fingerprint density at radius 2 is 2.27 bits per heavy atom. The number of hydrogen-bond donors (Lipinski definition) is 1. The Labute approximate surface area is 97.7 Å². The number of rotatable bonds is 3. The van der Waals surface area contributed by atoms with Crippen molar-refractivity contribution in [3.63, 3.8) is 0 Å². The van der Waals surface area contributed by atoms with Crippen molar-refractivity contribution in [2.45, 2.75) is 19.4 Å². The molecular weight excluding hydrogens is 258 g/mol. The van der Waals surface area contributed by atoms with Crippen molar-refractivity contribution >= 4 is 21.9 Å². The summed E-state index contributed by atoms with van der Waals surface area (Å²) in [6, 6.07) is 5.32. The number of ether oxygens (including phenoxy) is 1. The third kappa shape index (κ3) is 3.32. The third-order valence-electron chi connectivity index (χ3n) is 2.18. The molecule has 0 spiro atoms. The van der Waals surface area contributed by atoms with Crippen molar-refractivity contribution in [3.05, 3.63) is 33.8 Å². The van der Waals surface area contributed by atoms with Gasteiger partial charge in [-0.2, -0.15) is 0 Å². The minimum absolute atomic E-state index is 0.379. The molecule has 0 heterocycles. The fraction of sp³-hybridized carbons (Fsp3) is 0.364. The first-order chi connectivity index (χ1) is 7.04. The fourth-order valence-corrected chi connectivity index (χ4v) is 1.57. The van der Waals surface area contributed by atoms with Gasteiger partial charge in [0.15, 0.2) is 0 Å². The van der Waals surface area contributed by atoms with Crippen LogP contribution in [-0.4, -0.2) is 19.1 Å². The van der Waals surface area contributed by atoms with Crippen LogP contribution in [0.4, 0.5) is 0 Å². The van der Waals surface area contributed by atoms with Crippen LogP contribution in [0.1, 0.15) is 11.1 Å². The minimum Gasteiger partial charge on any atom is -0.468 e. The summed E-state index contributed by atoms with van der Waals surface area (Å²) >= 11 is 3.42. The maximum absolute atomic E-state index is 11.1. The summed E-state index contributed by atoms with van der Waals surface area (Å²) in [4.78, 5) is 11.1. The average Bonchev–Trinajstić information content (AvgIpc) is 2.22. The summed E-state index contributed by atoms with van der Waals surface area (Å²) in [5.74, 6) is -0.379. The van der Waals surface area contributed by atoms with E-state index in [0.29, 0.717) is 6.42 Å². The number of carbonyl (C=O) groups excluding carboxylic acids is 1. The van der Waals surface area contributed by atoms with Crippen LogP contribution < -0.4 is 5.73 Å². The highest BCUT2D eigenvalue weighted by molar-refractivity contribution is 9.10. The standard InChI is InChI=1S/C11H14BrNO2/c1-7-5-8(3-4-9(7)12)6-10(13)11(14)15-2/h3-5,10H,6,13H2,1-2H3/t10-/m1/s1. The molecule has 0 aliphatic carbocycles. The number of benzene rings is 1. The van der Waals surface area contributed by atoms with Gasteiger partial charge in [0.1, 0.15) is 6.04 Å². The van der Waals surface area contributed by atoms with Crippen molar-refractivity contribution in [1.82, 2.24) is 0 Å². The molecule has 0 aromatic heterocycles. The molecule has 0 fully saturated rings. The Hall–Kier alpha value is -0.870. The van der Waals surface area contributed by atoms with Crippen molar-refractivity contribution in [2.24, 2.45) is 5.73 Å². The van der Waals surface area contributed by atoms with Gasteiger partial charge in [0.2, 0.25) is 0 Å². The lowest BCUT2D eigenvalue weighted by Gasteiger charge is -2.10. The van der Waals surface area contributed by atoms with E-state index in [1.54, 1.807) is 0 Å². The third-order valence-corrected chi connectivity index (χ3v) is 3.07. The van der Waals surface area contributed by atoms with E-state index in [1.807, 2.05) is 25.1 Å². The Morgan fingerprint density at radius 3 is 2.80 bits per heavy atom. The zero-order valence-electron chi connectivity index (χ0n) is 8.79. The number of halogens is 1. The van der Waals surface area contributed by atoms with Crippen LogP contribution >= 0.6 is 15.9 Å². The van der Waals surface area contributed by atoms with Crippen LogP contribution in [0.15, 0.2) is 22.7 Å². The highest BCUT2D eigenvalue weighted by atomic mass is 79.9. The predicted octanol–water partition coefficient (Wildman–Crippen LogP) is 1.80.